The maximum atomic E-state index is 11.9. The van der Waals surface area contributed by atoms with Crippen LogP contribution in [0, 0.1) is 10.1 Å². The number of nitro benzene ring substituents is 1. The summed E-state index contributed by atoms with van der Waals surface area (Å²) in [7, 11) is 1.36. The molecule has 6 heteroatoms. The molecule has 0 aromatic heterocycles. The van der Waals surface area contributed by atoms with Crippen LogP contribution in [0.1, 0.15) is 44.1 Å². The van der Waals surface area contributed by atoms with Gasteiger partial charge in [0.05, 0.1) is 12.0 Å². The molecule has 0 saturated carbocycles. The van der Waals surface area contributed by atoms with Crippen molar-refractivity contribution in [1.82, 2.24) is 0 Å². The van der Waals surface area contributed by atoms with Gasteiger partial charge in [-0.1, -0.05) is 31.0 Å². The number of nitrogens with zero attached hydrogens (tertiary/aromatic N) is 1. The lowest BCUT2D eigenvalue weighted by Gasteiger charge is -2.03. The summed E-state index contributed by atoms with van der Waals surface area (Å²) in [5, 5.41) is 10.9. The van der Waals surface area contributed by atoms with Gasteiger partial charge in [0.2, 0.25) is 0 Å². The molecule has 0 atom stereocenters. The van der Waals surface area contributed by atoms with Crippen molar-refractivity contribution in [2.24, 2.45) is 0 Å². The van der Waals surface area contributed by atoms with Crippen LogP contribution in [0.2, 0.25) is 0 Å². The van der Waals surface area contributed by atoms with Crippen LogP contribution in [0.3, 0.4) is 0 Å². The monoisotopic (exact) mass is 307 g/mol. The van der Waals surface area contributed by atoms with Crippen LogP contribution in [-0.2, 0) is 20.7 Å². The van der Waals surface area contributed by atoms with Gasteiger partial charge in [0.15, 0.2) is 0 Å². The van der Waals surface area contributed by atoms with Crippen LogP contribution in [0.15, 0.2) is 24.3 Å². The maximum Gasteiger partial charge on any atom is 0.305 e. The number of ketones is 1. The molecule has 0 heterocycles. The molecule has 0 saturated heterocycles. The Morgan fingerprint density at radius 2 is 1.73 bits per heavy atom. The van der Waals surface area contributed by atoms with Crippen LogP contribution in [-0.4, -0.2) is 23.8 Å². The zero-order chi connectivity index (χ0) is 16.4. The molecule has 0 N–H and O–H groups in total. The lowest BCUT2D eigenvalue weighted by Crippen LogP contribution is -2.05. The Bertz CT molecular complexity index is 527. The maximum absolute atomic E-state index is 11.9. The predicted octanol–water partition coefficient (Wildman–Crippen LogP) is 3.22. The van der Waals surface area contributed by atoms with E-state index in [0.717, 1.165) is 25.7 Å². The average molecular weight is 307 g/mol. The van der Waals surface area contributed by atoms with Gasteiger partial charge in [0, 0.05) is 30.9 Å². The van der Waals surface area contributed by atoms with Gasteiger partial charge in [-0.15, -0.1) is 0 Å². The van der Waals surface area contributed by atoms with Gasteiger partial charge in [-0.2, -0.15) is 0 Å². The number of esters is 1. The third kappa shape index (κ3) is 6.47. The van der Waals surface area contributed by atoms with Crippen molar-refractivity contribution in [3.63, 3.8) is 0 Å². The summed E-state index contributed by atoms with van der Waals surface area (Å²) >= 11 is 0. The van der Waals surface area contributed by atoms with Crippen LogP contribution >= 0.6 is 0 Å². The molecule has 22 heavy (non-hydrogen) atoms. The molecule has 0 aliphatic heterocycles. The lowest BCUT2D eigenvalue weighted by molar-refractivity contribution is -0.385. The van der Waals surface area contributed by atoms with Gasteiger partial charge >= 0.3 is 5.97 Å². The molecule has 1 aromatic carbocycles. The number of Topliss-reactive ketones (excluding diaryl/α,β-unsaturated/α-hetero) is 1. The summed E-state index contributed by atoms with van der Waals surface area (Å²) in [5.41, 5.74) is 0.456. The van der Waals surface area contributed by atoms with Crippen LogP contribution in [0.5, 0.6) is 0 Å². The fourth-order valence-electron chi connectivity index (χ4n) is 2.19. The van der Waals surface area contributed by atoms with E-state index >= 15 is 0 Å². The van der Waals surface area contributed by atoms with Crippen LogP contribution in [0.25, 0.3) is 0 Å². The Balaban J connectivity index is 2.27. The van der Waals surface area contributed by atoms with E-state index in [2.05, 4.69) is 4.74 Å². The number of nitro groups is 1. The summed E-state index contributed by atoms with van der Waals surface area (Å²) < 4.78 is 4.54. The zero-order valence-electron chi connectivity index (χ0n) is 12.7. The summed E-state index contributed by atoms with van der Waals surface area (Å²) in [6, 6.07) is 6.32. The molecule has 6 nitrogen and oxygen atoms in total. The second-order valence-corrected chi connectivity index (χ2v) is 5.09. The van der Waals surface area contributed by atoms with Crippen molar-refractivity contribution in [2.45, 2.75) is 44.9 Å². The summed E-state index contributed by atoms with van der Waals surface area (Å²) in [6.45, 7) is 0. The van der Waals surface area contributed by atoms with Crippen molar-refractivity contribution >= 4 is 17.4 Å². The largest absolute Gasteiger partial charge is 0.469 e. The fourth-order valence-corrected chi connectivity index (χ4v) is 2.19. The molecule has 1 rings (SSSR count). The van der Waals surface area contributed by atoms with Gasteiger partial charge < -0.3 is 4.74 Å². The van der Waals surface area contributed by atoms with Crippen molar-refractivity contribution in [2.75, 3.05) is 7.11 Å². The highest BCUT2D eigenvalue weighted by molar-refractivity contribution is 5.81. The summed E-state index contributed by atoms with van der Waals surface area (Å²) in [6.07, 6.45) is 4.13. The first-order chi connectivity index (χ1) is 10.5. The van der Waals surface area contributed by atoms with E-state index in [9.17, 15) is 19.7 Å². The standard InChI is InChI=1S/C16H21NO5/c1-22-16(19)11-5-3-2-4-9-14(18)12-13-8-6-7-10-15(13)17(20)21/h6-8,10H,2-5,9,11-12H2,1H3. The highest BCUT2D eigenvalue weighted by atomic mass is 16.6. The number of hydrogen-bond acceptors (Lipinski definition) is 5. The van der Waals surface area contributed by atoms with Crippen LogP contribution in [0.4, 0.5) is 5.69 Å². The number of carbonyl (C=O) groups is 2. The quantitative estimate of drug-likeness (QED) is 0.287. The lowest BCUT2D eigenvalue weighted by atomic mass is 10.0. The second kappa shape index (κ2) is 9.65. The van der Waals surface area contributed by atoms with E-state index < -0.39 is 4.92 Å². The van der Waals surface area contributed by atoms with E-state index in [-0.39, 0.29) is 23.9 Å². The molecule has 0 aliphatic carbocycles. The minimum absolute atomic E-state index is 0.00210. The normalized spacial score (nSPS) is 10.2. The van der Waals surface area contributed by atoms with E-state index in [0.29, 0.717) is 18.4 Å². The Hall–Kier alpha value is -2.24. The molecule has 1 aromatic rings. The van der Waals surface area contributed by atoms with Crippen molar-refractivity contribution < 1.29 is 19.2 Å². The van der Waals surface area contributed by atoms with E-state index in [1.54, 1.807) is 18.2 Å². The minimum atomic E-state index is -0.463. The first-order valence-electron chi connectivity index (χ1n) is 7.35. The van der Waals surface area contributed by atoms with Gasteiger partial charge in [-0.3, -0.25) is 19.7 Å². The third-order valence-electron chi connectivity index (χ3n) is 3.39. The second-order valence-electron chi connectivity index (χ2n) is 5.09. The molecule has 0 fully saturated rings. The van der Waals surface area contributed by atoms with Crippen molar-refractivity contribution in [3.8, 4) is 0 Å². The molecule has 0 unspecified atom stereocenters. The van der Waals surface area contributed by atoms with Crippen molar-refractivity contribution in [1.29, 1.82) is 0 Å². The number of hydrogen-bond donors (Lipinski definition) is 0. The fraction of sp³-hybridized carbons (Fsp3) is 0.500. The number of benzene rings is 1. The first kappa shape index (κ1) is 17.8. The zero-order valence-corrected chi connectivity index (χ0v) is 12.7. The van der Waals surface area contributed by atoms with E-state index in [4.69, 9.17) is 0 Å². The highest BCUT2D eigenvalue weighted by Crippen LogP contribution is 2.19. The molecule has 0 amide bonds. The summed E-state index contributed by atoms with van der Waals surface area (Å²) in [5.74, 6) is -0.213. The number of methoxy groups -OCH3 is 1. The van der Waals surface area contributed by atoms with Crippen molar-refractivity contribution in [3.05, 3.63) is 39.9 Å². The molecular weight excluding hydrogens is 286 g/mol. The molecule has 0 radical (unpaired) electrons. The molecule has 0 aliphatic rings. The minimum Gasteiger partial charge on any atom is -0.469 e. The Kier molecular flexibility index (Phi) is 7.81. The first-order valence-corrected chi connectivity index (χ1v) is 7.35. The van der Waals surface area contributed by atoms with Gasteiger partial charge in [0.1, 0.15) is 5.78 Å². The smallest absolute Gasteiger partial charge is 0.305 e. The third-order valence-corrected chi connectivity index (χ3v) is 3.39. The highest BCUT2D eigenvalue weighted by Gasteiger charge is 2.15. The van der Waals surface area contributed by atoms with Gasteiger partial charge in [0.25, 0.3) is 5.69 Å². The molecule has 120 valence electrons. The number of rotatable bonds is 10. The Morgan fingerprint density at radius 1 is 1.09 bits per heavy atom. The van der Waals surface area contributed by atoms with Crippen LogP contribution < -0.4 is 0 Å². The molecule has 0 bridgehead atoms. The van der Waals surface area contributed by atoms with E-state index in [1.165, 1.54) is 13.2 Å². The summed E-state index contributed by atoms with van der Waals surface area (Å²) in [4.78, 5) is 33.2. The van der Waals surface area contributed by atoms with Gasteiger partial charge in [-0.05, 0) is 12.8 Å². The Morgan fingerprint density at radius 3 is 2.36 bits per heavy atom. The number of carbonyl (C=O) groups excluding carboxylic acids is 2. The van der Waals surface area contributed by atoms with Gasteiger partial charge in [-0.25, -0.2) is 0 Å². The number of ether oxygens (including phenoxy) is 1. The number of para-hydroxylation sites is 1. The topological polar surface area (TPSA) is 86.5 Å². The average Bonchev–Trinajstić information content (AvgIpc) is 2.50. The SMILES string of the molecule is COC(=O)CCCCCCC(=O)Cc1ccccc1[N+](=O)[O-]. The Labute approximate surface area is 129 Å². The van der Waals surface area contributed by atoms with E-state index in [1.807, 2.05) is 0 Å². The number of unbranched alkanes of at least 4 members (excludes halogenated alkanes) is 3. The molecule has 0 spiro atoms. The molecular formula is C16H21NO5. The predicted molar refractivity (Wildman–Crippen MR) is 81.5 cm³/mol.